The second-order valence-corrected chi connectivity index (χ2v) is 9.37. The van der Waals surface area contributed by atoms with E-state index in [-0.39, 0.29) is 36.2 Å². The van der Waals surface area contributed by atoms with E-state index in [0.717, 1.165) is 16.7 Å². The average molecular weight is 525 g/mol. The number of phenols is 2. The minimum atomic E-state index is -0.945. The molecule has 1 aliphatic heterocycles. The molecule has 4 N–H and O–H groups in total. The lowest BCUT2D eigenvalue weighted by Gasteiger charge is -2.35. The highest BCUT2D eigenvalue weighted by atomic mass is 16.5. The summed E-state index contributed by atoms with van der Waals surface area (Å²) in [5, 5.41) is 42.3. The van der Waals surface area contributed by atoms with Crippen molar-refractivity contribution in [2.45, 2.75) is 31.3 Å². The molecule has 202 valence electrons. The molecule has 0 radical (unpaired) electrons. The Morgan fingerprint density at radius 2 is 1.58 bits per heavy atom. The largest absolute Gasteiger partial charge is 0.507 e. The first-order valence-corrected chi connectivity index (χ1v) is 12.5. The number of benzene rings is 3. The molecule has 0 amide bonds. The van der Waals surface area contributed by atoms with Gasteiger partial charge in [0.2, 0.25) is 5.75 Å². The predicted octanol–water partition coefficient (Wildman–Crippen LogP) is 3.86. The van der Waals surface area contributed by atoms with E-state index in [1.54, 1.807) is 25.3 Å². The van der Waals surface area contributed by atoms with Crippen LogP contribution in [0.25, 0.3) is 11.1 Å². The first-order valence-electron chi connectivity index (χ1n) is 12.5. The van der Waals surface area contributed by atoms with Gasteiger partial charge in [-0.1, -0.05) is 0 Å². The van der Waals surface area contributed by atoms with Crippen molar-refractivity contribution in [1.82, 2.24) is 0 Å². The van der Waals surface area contributed by atoms with Crippen molar-refractivity contribution in [1.29, 1.82) is 0 Å². The Hall–Kier alpha value is -3.82. The van der Waals surface area contributed by atoms with Gasteiger partial charge in [0.15, 0.2) is 11.5 Å². The lowest BCUT2D eigenvalue weighted by molar-refractivity contribution is 0.0875. The van der Waals surface area contributed by atoms with Gasteiger partial charge in [0, 0.05) is 47.8 Å². The highest BCUT2D eigenvalue weighted by Crippen LogP contribution is 2.53. The molecule has 0 unspecified atom stereocenters. The summed E-state index contributed by atoms with van der Waals surface area (Å²) in [7, 11) is 4.50. The number of ether oxygens (including phenoxy) is 5. The van der Waals surface area contributed by atoms with E-state index in [1.165, 1.54) is 14.2 Å². The van der Waals surface area contributed by atoms with Crippen molar-refractivity contribution in [2.24, 2.45) is 0 Å². The van der Waals surface area contributed by atoms with Crippen molar-refractivity contribution in [2.75, 3.05) is 41.2 Å². The van der Waals surface area contributed by atoms with Crippen LogP contribution >= 0.6 is 0 Å². The first kappa shape index (κ1) is 25.8. The maximum absolute atomic E-state index is 11.7. The summed E-state index contributed by atoms with van der Waals surface area (Å²) in [6, 6.07) is 8.57. The molecule has 3 aromatic carbocycles. The molecule has 0 spiro atoms. The fourth-order valence-corrected chi connectivity index (χ4v) is 5.47. The van der Waals surface area contributed by atoms with Gasteiger partial charge in [-0.2, -0.15) is 0 Å². The van der Waals surface area contributed by atoms with Crippen LogP contribution in [0.15, 0.2) is 30.3 Å². The van der Waals surface area contributed by atoms with E-state index in [4.69, 9.17) is 28.8 Å². The third-order valence-electron chi connectivity index (χ3n) is 7.31. The lowest BCUT2D eigenvalue weighted by atomic mass is 9.77. The second kappa shape index (κ2) is 10.5. The number of hydrogen-bond acceptors (Lipinski definition) is 9. The van der Waals surface area contributed by atoms with Gasteiger partial charge in [0.05, 0.1) is 40.6 Å². The molecule has 38 heavy (non-hydrogen) atoms. The molecule has 9 nitrogen and oxygen atoms in total. The summed E-state index contributed by atoms with van der Waals surface area (Å²) in [5.74, 6) is 1.60. The Kier molecular flexibility index (Phi) is 7.14. The highest BCUT2D eigenvalue weighted by molar-refractivity contribution is 5.84. The van der Waals surface area contributed by atoms with Gasteiger partial charge in [-0.05, 0) is 47.7 Å². The van der Waals surface area contributed by atoms with Crippen molar-refractivity contribution in [3.8, 4) is 51.4 Å². The van der Waals surface area contributed by atoms with Crippen LogP contribution in [0, 0.1) is 0 Å². The third-order valence-corrected chi connectivity index (χ3v) is 7.31. The van der Waals surface area contributed by atoms with E-state index in [0.29, 0.717) is 59.8 Å². The molecule has 0 bridgehead atoms. The highest BCUT2D eigenvalue weighted by Gasteiger charge is 2.37. The molecule has 0 saturated carbocycles. The van der Waals surface area contributed by atoms with Crippen LogP contribution in [-0.4, -0.2) is 61.6 Å². The van der Waals surface area contributed by atoms with Crippen LogP contribution in [0.3, 0.4) is 0 Å². The summed E-state index contributed by atoms with van der Waals surface area (Å²) in [6.45, 7) is 0.529. The molecule has 1 aliphatic carbocycles. The van der Waals surface area contributed by atoms with Gasteiger partial charge in [-0.15, -0.1) is 0 Å². The van der Waals surface area contributed by atoms with Crippen LogP contribution in [0.1, 0.15) is 40.7 Å². The fourth-order valence-electron chi connectivity index (χ4n) is 5.47. The van der Waals surface area contributed by atoms with Gasteiger partial charge in [0.1, 0.15) is 23.0 Å². The van der Waals surface area contributed by atoms with Gasteiger partial charge < -0.3 is 44.1 Å². The Morgan fingerprint density at radius 1 is 0.895 bits per heavy atom. The van der Waals surface area contributed by atoms with Crippen molar-refractivity contribution < 1.29 is 44.1 Å². The number of fused-ring (bicyclic) bond motifs is 5. The smallest absolute Gasteiger partial charge is 0.200 e. The zero-order valence-corrected chi connectivity index (χ0v) is 21.6. The normalized spacial score (nSPS) is 17.5. The number of phenolic OH excluding ortho intramolecular Hbond substituents is 2. The maximum Gasteiger partial charge on any atom is 0.200 e. The topological polar surface area (TPSA) is 127 Å². The van der Waals surface area contributed by atoms with Gasteiger partial charge >= 0.3 is 0 Å². The molecule has 9 heteroatoms. The van der Waals surface area contributed by atoms with E-state index in [1.807, 2.05) is 12.1 Å². The second-order valence-electron chi connectivity index (χ2n) is 9.37. The molecule has 0 saturated heterocycles. The Labute approximate surface area is 220 Å². The van der Waals surface area contributed by atoms with Crippen LogP contribution in [0.2, 0.25) is 0 Å². The van der Waals surface area contributed by atoms with Crippen molar-refractivity contribution in [3.63, 3.8) is 0 Å². The SMILES string of the molecule is COc1cc([C@H]2COc3cc(O)c4c(c3[C@H]2O)CCc2c(OC)cc(OCCCO)cc2-4)cc(OC)c1O. The summed E-state index contributed by atoms with van der Waals surface area (Å²) >= 11 is 0. The Bertz CT molecular complexity index is 1330. The molecule has 5 rings (SSSR count). The number of aromatic hydroxyl groups is 2. The molecular weight excluding hydrogens is 492 g/mol. The Morgan fingerprint density at radius 3 is 2.24 bits per heavy atom. The Balaban J connectivity index is 1.61. The van der Waals surface area contributed by atoms with E-state index in [9.17, 15) is 15.3 Å². The number of methoxy groups -OCH3 is 3. The summed E-state index contributed by atoms with van der Waals surface area (Å²) in [4.78, 5) is 0. The third kappa shape index (κ3) is 4.31. The molecule has 0 fully saturated rings. The standard InChI is InChI=1S/C29H32O9/c1-34-22-12-16(37-8-4-7-30)11-19-17(22)5-6-18-26(19)21(31)13-23-27(18)28(32)20(14-38-23)15-9-24(35-2)29(33)25(10-15)36-3/h9-13,20,28,30-33H,4-8,14H2,1-3H3/t20-,28+/m1/s1. The summed E-state index contributed by atoms with van der Waals surface area (Å²) in [6.07, 6.45) is 0.748. The van der Waals surface area contributed by atoms with Crippen LogP contribution in [-0.2, 0) is 12.8 Å². The first-order chi connectivity index (χ1) is 18.4. The van der Waals surface area contributed by atoms with E-state index in [2.05, 4.69) is 0 Å². The summed E-state index contributed by atoms with van der Waals surface area (Å²) < 4.78 is 28.2. The molecule has 2 aliphatic rings. The van der Waals surface area contributed by atoms with Crippen molar-refractivity contribution in [3.05, 3.63) is 52.6 Å². The average Bonchev–Trinajstić information content (AvgIpc) is 2.92. The summed E-state index contributed by atoms with van der Waals surface area (Å²) in [5.41, 5.74) is 4.44. The van der Waals surface area contributed by atoms with Gasteiger partial charge in [0.25, 0.3) is 0 Å². The zero-order chi connectivity index (χ0) is 27.0. The maximum atomic E-state index is 11.7. The molecule has 1 heterocycles. The number of aliphatic hydroxyl groups excluding tert-OH is 2. The molecule has 2 atom stereocenters. The van der Waals surface area contributed by atoms with Gasteiger partial charge in [-0.25, -0.2) is 0 Å². The van der Waals surface area contributed by atoms with Crippen LogP contribution in [0.5, 0.6) is 40.2 Å². The minimum Gasteiger partial charge on any atom is -0.507 e. The lowest BCUT2D eigenvalue weighted by Crippen LogP contribution is -2.26. The van der Waals surface area contributed by atoms with E-state index < -0.39 is 12.0 Å². The molecule has 0 aromatic heterocycles. The quantitative estimate of drug-likeness (QED) is 0.325. The van der Waals surface area contributed by atoms with Gasteiger partial charge in [-0.3, -0.25) is 0 Å². The van der Waals surface area contributed by atoms with Crippen molar-refractivity contribution >= 4 is 0 Å². The number of aliphatic hydroxyl groups is 2. The molecule has 3 aromatic rings. The van der Waals surface area contributed by atoms with Crippen LogP contribution in [0.4, 0.5) is 0 Å². The van der Waals surface area contributed by atoms with E-state index >= 15 is 0 Å². The van der Waals surface area contributed by atoms with Crippen LogP contribution < -0.4 is 23.7 Å². The monoisotopic (exact) mass is 524 g/mol. The zero-order valence-electron chi connectivity index (χ0n) is 21.6. The number of hydrogen-bond donors (Lipinski definition) is 4. The fraction of sp³-hybridized carbons (Fsp3) is 0.379. The predicted molar refractivity (Wildman–Crippen MR) is 139 cm³/mol. The molecular formula is C29H32O9. The number of rotatable bonds is 8. The minimum absolute atomic E-state index is 0.0235.